The van der Waals surface area contributed by atoms with Crippen molar-refractivity contribution in [1.29, 1.82) is 0 Å². The Morgan fingerprint density at radius 2 is 2.28 bits per heavy atom. The van der Waals surface area contributed by atoms with E-state index in [0.717, 1.165) is 6.54 Å². The molecule has 0 radical (unpaired) electrons. The third-order valence-electron chi connectivity index (χ3n) is 3.63. The van der Waals surface area contributed by atoms with E-state index >= 15 is 0 Å². The van der Waals surface area contributed by atoms with Gasteiger partial charge in [0.2, 0.25) is 5.91 Å². The number of hydrogen-bond donors (Lipinski definition) is 2. The molecule has 0 saturated carbocycles. The van der Waals surface area contributed by atoms with Gasteiger partial charge in [0.1, 0.15) is 0 Å². The topological polar surface area (TPSA) is 58.4 Å². The highest BCUT2D eigenvalue weighted by molar-refractivity contribution is 7.07. The maximum Gasteiger partial charge on any atom is 0.240 e. The highest BCUT2D eigenvalue weighted by Gasteiger charge is 2.42. The van der Waals surface area contributed by atoms with Crippen LogP contribution in [0, 0.1) is 0 Å². The summed E-state index contributed by atoms with van der Waals surface area (Å²) in [4.78, 5) is 14.3. The quantitative estimate of drug-likeness (QED) is 0.869. The third kappa shape index (κ3) is 2.30. The van der Waals surface area contributed by atoms with Crippen LogP contribution in [0.15, 0.2) is 16.8 Å². The van der Waals surface area contributed by atoms with Crippen LogP contribution in [0.3, 0.4) is 0 Å². The number of carbonyl (C=O) groups is 1. The molecule has 1 aromatic heterocycles. The Morgan fingerprint density at radius 3 is 2.83 bits per heavy atom. The lowest BCUT2D eigenvalue weighted by molar-refractivity contribution is -0.137. The van der Waals surface area contributed by atoms with Crippen molar-refractivity contribution in [3.63, 3.8) is 0 Å². The van der Waals surface area contributed by atoms with Crippen LogP contribution in [-0.2, 0) is 4.79 Å². The molecule has 1 fully saturated rings. The highest BCUT2D eigenvalue weighted by Crippen LogP contribution is 2.32. The number of nitrogens with zero attached hydrogens (tertiary/aromatic N) is 1. The minimum Gasteiger partial charge on any atom is -0.353 e. The Hall–Kier alpha value is -0.910. The van der Waals surface area contributed by atoms with Gasteiger partial charge in [0, 0.05) is 19.1 Å². The van der Waals surface area contributed by atoms with Crippen molar-refractivity contribution >= 4 is 17.2 Å². The molecule has 1 amide bonds. The Labute approximate surface area is 112 Å². The molecule has 1 saturated heterocycles. The number of carbonyl (C=O) groups excluding carboxylic acids is 1. The summed E-state index contributed by atoms with van der Waals surface area (Å²) in [7, 11) is 0. The first kappa shape index (κ1) is 13.5. The lowest BCUT2D eigenvalue weighted by Gasteiger charge is -2.47. The first-order chi connectivity index (χ1) is 8.44. The van der Waals surface area contributed by atoms with Gasteiger partial charge in [-0.05, 0) is 43.2 Å². The van der Waals surface area contributed by atoms with Crippen LogP contribution in [0.4, 0.5) is 0 Å². The van der Waals surface area contributed by atoms with E-state index in [4.69, 9.17) is 5.73 Å². The zero-order valence-electron chi connectivity index (χ0n) is 11.1. The fourth-order valence-electron chi connectivity index (χ4n) is 2.61. The Morgan fingerprint density at radius 1 is 1.56 bits per heavy atom. The predicted octanol–water partition coefficient (Wildman–Crippen LogP) is 1.35. The van der Waals surface area contributed by atoms with Crippen molar-refractivity contribution in [3.05, 3.63) is 22.4 Å². The molecule has 0 spiro atoms. The van der Waals surface area contributed by atoms with Crippen molar-refractivity contribution in [2.24, 2.45) is 5.73 Å². The molecule has 5 heteroatoms. The van der Waals surface area contributed by atoms with Gasteiger partial charge in [-0.15, -0.1) is 0 Å². The van der Waals surface area contributed by atoms with Gasteiger partial charge in [-0.25, -0.2) is 0 Å². The number of rotatable bonds is 3. The minimum absolute atomic E-state index is 0.00947. The van der Waals surface area contributed by atoms with Gasteiger partial charge < -0.3 is 11.1 Å². The van der Waals surface area contributed by atoms with E-state index in [0.29, 0.717) is 6.54 Å². The molecule has 0 aliphatic carbocycles. The molecule has 0 aromatic carbocycles. The van der Waals surface area contributed by atoms with Crippen molar-refractivity contribution in [2.45, 2.75) is 38.4 Å². The fraction of sp³-hybridized carbons (Fsp3) is 0.615. The van der Waals surface area contributed by atoms with Gasteiger partial charge in [0.25, 0.3) is 0 Å². The van der Waals surface area contributed by atoms with Gasteiger partial charge in [-0.2, -0.15) is 11.3 Å². The SMILES string of the molecule is CC(N)C(c1ccsc1)N1CCNC(=O)C1(C)C. The number of nitrogens with one attached hydrogen (secondary N) is 1. The van der Waals surface area contributed by atoms with Crippen molar-refractivity contribution in [2.75, 3.05) is 13.1 Å². The average Bonchev–Trinajstić information content (AvgIpc) is 2.78. The van der Waals surface area contributed by atoms with Gasteiger partial charge in [-0.3, -0.25) is 9.69 Å². The number of amides is 1. The summed E-state index contributed by atoms with van der Waals surface area (Å²) in [5, 5.41) is 7.10. The van der Waals surface area contributed by atoms with Crippen LogP contribution in [0.25, 0.3) is 0 Å². The van der Waals surface area contributed by atoms with Crippen LogP contribution >= 0.6 is 11.3 Å². The summed E-state index contributed by atoms with van der Waals surface area (Å²) in [5.74, 6) is 0.0784. The maximum absolute atomic E-state index is 12.0. The summed E-state index contributed by atoms with van der Waals surface area (Å²) in [6.07, 6.45) is 0. The molecular weight excluding hydrogens is 246 g/mol. The number of nitrogens with two attached hydrogens (primary N) is 1. The molecule has 1 aromatic rings. The molecule has 2 rings (SSSR count). The predicted molar refractivity (Wildman–Crippen MR) is 74.5 cm³/mol. The Balaban J connectivity index is 2.34. The standard InChI is InChI=1S/C13H21N3OS/c1-9(14)11(10-4-7-18-8-10)16-6-5-15-12(17)13(16,2)3/h4,7-9,11H,5-6,14H2,1-3H3,(H,15,17). The van der Waals surface area contributed by atoms with E-state index in [2.05, 4.69) is 27.0 Å². The van der Waals surface area contributed by atoms with Crippen LogP contribution in [0.5, 0.6) is 0 Å². The molecule has 4 nitrogen and oxygen atoms in total. The second-order valence-electron chi connectivity index (χ2n) is 5.37. The lowest BCUT2D eigenvalue weighted by atomic mass is 9.91. The molecule has 3 N–H and O–H groups in total. The molecule has 0 bridgehead atoms. The van der Waals surface area contributed by atoms with Crippen molar-refractivity contribution in [1.82, 2.24) is 10.2 Å². The Kier molecular flexibility index (Phi) is 3.75. The van der Waals surface area contributed by atoms with Gasteiger partial charge in [0.15, 0.2) is 0 Å². The molecule has 1 aliphatic heterocycles. The third-order valence-corrected chi connectivity index (χ3v) is 4.33. The van der Waals surface area contributed by atoms with Gasteiger partial charge in [-0.1, -0.05) is 0 Å². The number of hydrogen-bond acceptors (Lipinski definition) is 4. The van der Waals surface area contributed by atoms with E-state index in [1.54, 1.807) is 11.3 Å². The molecule has 1 aliphatic rings. The van der Waals surface area contributed by atoms with E-state index < -0.39 is 5.54 Å². The summed E-state index contributed by atoms with van der Waals surface area (Å²) >= 11 is 1.67. The summed E-state index contributed by atoms with van der Waals surface area (Å²) in [6, 6.07) is 2.18. The molecule has 2 unspecified atom stereocenters. The summed E-state index contributed by atoms with van der Waals surface area (Å²) < 4.78 is 0. The van der Waals surface area contributed by atoms with Crippen LogP contribution < -0.4 is 11.1 Å². The Bertz CT molecular complexity index is 414. The van der Waals surface area contributed by atoms with E-state index in [-0.39, 0.29) is 18.0 Å². The molecule has 100 valence electrons. The largest absolute Gasteiger partial charge is 0.353 e. The summed E-state index contributed by atoms with van der Waals surface area (Å²) in [6.45, 7) is 7.45. The fourth-order valence-corrected chi connectivity index (χ4v) is 3.30. The summed E-state index contributed by atoms with van der Waals surface area (Å²) in [5.41, 5.74) is 6.85. The maximum atomic E-state index is 12.0. The second kappa shape index (κ2) is 4.99. The number of thiophene rings is 1. The molecule has 2 heterocycles. The van der Waals surface area contributed by atoms with Gasteiger partial charge >= 0.3 is 0 Å². The van der Waals surface area contributed by atoms with Crippen molar-refractivity contribution in [3.8, 4) is 0 Å². The van der Waals surface area contributed by atoms with E-state index in [1.807, 2.05) is 20.8 Å². The van der Waals surface area contributed by atoms with Gasteiger partial charge in [0.05, 0.1) is 11.6 Å². The first-order valence-electron chi connectivity index (χ1n) is 6.27. The second-order valence-corrected chi connectivity index (χ2v) is 6.15. The zero-order valence-corrected chi connectivity index (χ0v) is 12.0. The van der Waals surface area contributed by atoms with E-state index in [1.165, 1.54) is 5.56 Å². The molecule has 18 heavy (non-hydrogen) atoms. The number of piperazine rings is 1. The first-order valence-corrected chi connectivity index (χ1v) is 7.21. The van der Waals surface area contributed by atoms with E-state index in [9.17, 15) is 4.79 Å². The highest BCUT2D eigenvalue weighted by atomic mass is 32.1. The monoisotopic (exact) mass is 267 g/mol. The van der Waals surface area contributed by atoms with Crippen LogP contribution in [0.2, 0.25) is 0 Å². The normalized spacial score (nSPS) is 23.4. The lowest BCUT2D eigenvalue weighted by Crippen LogP contribution is -2.64. The van der Waals surface area contributed by atoms with Crippen molar-refractivity contribution < 1.29 is 4.79 Å². The average molecular weight is 267 g/mol. The zero-order chi connectivity index (χ0) is 13.3. The minimum atomic E-state index is -0.515. The smallest absolute Gasteiger partial charge is 0.240 e. The molecular formula is C13H21N3OS. The van der Waals surface area contributed by atoms with Crippen LogP contribution in [-0.4, -0.2) is 35.5 Å². The van der Waals surface area contributed by atoms with Crippen LogP contribution in [0.1, 0.15) is 32.4 Å². The molecule has 2 atom stereocenters.